The highest BCUT2D eigenvalue weighted by Gasteiger charge is 2.22. The first-order chi connectivity index (χ1) is 7.75. The number of hydrogen-bond acceptors (Lipinski definition) is 2. The minimum absolute atomic E-state index is 0.121. The highest BCUT2D eigenvalue weighted by atomic mass is 35.5. The lowest BCUT2D eigenvalue weighted by Gasteiger charge is -2.27. The largest absolute Gasteiger partial charge is 0.485 e. The third kappa shape index (κ3) is 1.56. The zero-order valence-electron chi connectivity index (χ0n) is 8.30. The number of rotatable bonds is 2. The molecule has 5 heteroatoms. The van der Waals surface area contributed by atoms with Crippen molar-refractivity contribution < 1.29 is 9.47 Å². The Morgan fingerprint density at radius 1 is 1.38 bits per heavy atom. The molecule has 16 heavy (non-hydrogen) atoms. The lowest BCUT2D eigenvalue weighted by atomic mass is 10.2. The van der Waals surface area contributed by atoms with E-state index >= 15 is 0 Å². The highest BCUT2D eigenvalue weighted by molar-refractivity contribution is 6.45. The van der Waals surface area contributed by atoms with Gasteiger partial charge in [0.05, 0.1) is 28.8 Å². The first-order valence-electron chi connectivity index (χ1n) is 4.95. The molecule has 1 saturated heterocycles. The Morgan fingerprint density at radius 2 is 2.19 bits per heavy atom. The van der Waals surface area contributed by atoms with Crippen LogP contribution < -0.4 is 4.74 Å². The molecule has 2 aromatic rings. The van der Waals surface area contributed by atoms with Crippen molar-refractivity contribution >= 4 is 34.1 Å². The van der Waals surface area contributed by atoms with E-state index in [-0.39, 0.29) is 6.10 Å². The van der Waals surface area contributed by atoms with Gasteiger partial charge in [0.2, 0.25) is 0 Å². The summed E-state index contributed by atoms with van der Waals surface area (Å²) in [4.78, 5) is 3.05. The Hall–Kier alpha value is -0.900. The zero-order valence-corrected chi connectivity index (χ0v) is 9.81. The fourth-order valence-corrected chi connectivity index (χ4v) is 2.10. The van der Waals surface area contributed by atoms with Crippen molar-refractivity contribution in [1.29, 1.82) is 0 Å². The Bertz CT molecular complexity index is 534. The maximum Gasteiger partial charge on any atom is 0.145 e. The molecule has 2 heterocycles. The second kappa shape index (κ2) is 3.84. The first-order valence-corrected chi connectivity index (χ1v) is 5.71. The summed E-state index contributed by atoms with van der Waals surface area (Å²) in [6.45, 7) is 1.26. The number of hydrogen-bond donors (Lipinski definition) is 1. The van der Waals surface area contributed by atoms with E-state index in [2.05, 4.69) is 4.98 Å². The Morgan fingerprint density at radius 3 is 2.88 bits per heavy atom. The molecular weight excluding hydrogens is 249 g/mol. The highest BCUT2D eigenvalue weighted by Crippen LogP contribution is 2.37. The maximum absolute atomic E-state index is 6.08. The predicted octanol–water partition coefficient (Wildman–Crippen LogP) is 3.25. The van der Waals surface area contributed by atoms with E-state index < -0.39 is 0 Å². The van der Waals surface area contributed by atoms with Gasteiger partial charge < -0.3 is 14.5 Å². The summed E-state index contributed by atoms with van der Waals surface area (Å²) in [5.74, 6) is 0.749. The summed E-state index contributed by atoms with van der Waals surface area (Å²) in [6.07, 6.45) is 1.94. The molecule has 1 fully saturated rings. The van der Waals surface area contributed by atoms with Crippen molar-refractivity contribution in [3.8, 4) is 5.75 Å². The van der Waals surface area contributed by atoms with Gasteiger partial charge in [0.25, 0.3) is 0 Å². The number of fused-ring (bicyclic) bond motifs is 1. The standard InChI is InChI=1S/C11H9Cl2NO2/c12-8-3-9(16-6-4-15-5-6)7-1-2-14-11(7)10(8)13/h1-3,6,14H,4-5H2. The van der Waals surface area contributed by atoms with E-state index in [0.29, 0.717) is 23.3 Å². The van der Waals surface area contributed by atoms with Crippen LogP contribution >= 0.6 is 23.2 Å². The van der Waals surface area contributed by atoms with Crippen molar-refractivity contribution in [3.05, 3.63) is 28.4 Å². The number of benzene rings is 1. The molecule has 3 nitrogen and oxygen atoms in total. The summed E-state index contributed by atoms with van der Waals surface area (Å²) in [5.41, 5.74) is 0.810. The topological polar surface area (TPSA) is 34.2 Å². The predicted molar refractivity (Wildman–Crippen MR) is 63.6 cm³/mol. The number of aromatic nitrogens is 1. The van der Waals surface area contributed by atoms with Crippen LogP contribution in [0.15, 0.2) is 18.3 Å². The average molecular weight is 258 g/mol. The molecule has 3 rings (SSSR count). The molecule has 0 bridgehead atoms. The van der Waals surface area contributed by atoms with E-state index in [0.717, 1.165) is 16.7 Å². The van der Waals surface area contributed by atoms with Crippen molar-refractivity contribution in [2.24, 2.45) is 0 Å². The molecule has 0 spiro atoms. The van der Waals surface area contributed by atoms with Crippen LogP contribution in [-0.4, -0.2) is 24.3 Å². The van der Waals surface area contributed by atoms with Crippen LogP contribution in [0.3, 0.4) is 0 Å². The molecule has 0 radical (unpaired) electrons. The van der Waals surface area contributed by atoms with Crippen LogP contribution in [0.4, 0.5) is 0 Å². The van der Waals surface area contributed by atoms with E-state index in [1.807, 2.05) is 12.3 Å². The molecular formula is C11H9Cl2NO2. The van der Waals surface area contributed by atoms with Crippen molar-refractivity contribution in [2.45, 2.75) is 6.10 Å². The quantitative estimate of drug-likeness (QED) is 0.897. The maximum atomic E-state index is 6.08. The smallest absolute Gasteiger partial charge is 0.145 e. The van der Waals surface area contributed by atoms with E-state index in [9.17, 15) is 0 Å². The van der Waals surface area contributed by atoms with Crippen molar-refractivity contribution in [1.82, 2.24) is 4.98 Å². The Labute approximate surface area is 102 Å². The van der Waals surface area contributed by atoms with Crippen LogP contribution in [0.2, 0.25) is 10.0 Å². The average Bonchev–Trinajstić information content (AvgIpc) is 2.67. The normalized spacial score (nSPS) is 16.4. The van der Waals surface area contributed by atoms with Gasteiger partial charge in [0.1, 0.15) is 11.9 Å². The zero-order chi connectivity index (χ0) is 11.1. The second-order valence-corrected chi connectivity index (χ2v) is 4.50. The van der Waals surface area contributed by atoms with Crippen LogP contribution in [0, 0.1) is 0 Å². The monoisotopic (exact) mass is 257 g/mol. The number of aromatic amines is 1. The van der Waals surface area contributed by atoms with Gasteiger partial charge in [-0.25, -0.2) is 0 Å². The number of halogens is 2. The molecule has 0 amide bonds. The van der Waals surface area contributed by atoms with Crippen LogP contribution in [-0.2, 0) is 4.74 Å². The third-order valence-electron chi connectivity index (χ3n) is 2.60. The summed E-state index contributed by atoms with van der Waals surface area (Å²) < 4.78 is 10.8. The Balaban J connectivity index is 2.08. The van der Waals surface area contributed by atoms with Gasteiger partial charge in [-0.1, -0.05) is 23.2 Å². The van der Waals surface area contributed by atoms with Crippen molar-refractivity contribution in [2.75, 3.05) is 13.2 Å². The molecule has 1 aliphatic rings. The van der Waals surface area contributed by atoms with Gasteiger partial charge in [-0.15, -0.1) is 0 Å². The molecule has 1 aromatic carbocycles. The molecule has 1 aliphatic heterocycles. The minimum atomic E-state index is 0.121. The molecule has 1 aromatic heterocycles. The van der Waals surface area contributed by atoms with Crippen molar-refractivity contribution in [3.63, 3.8) is 0 Å². The molecule has 0 unspecified atom stereocenters. The number of nitrogens with one attached hydrogen (secondary N) is 1. The molecule has 0 aliphatic carbocycles. The van der Waals surface area contributed by atoms with Gasteiger partial charge in [0.15, 0.2) is 0 Å². The first kappa shape index (κ1) is 10.3. The van der Waals surface area contributed by atoms with Gasteiger partial charge >= 0.3 is 0 Å². The summed E-state index contributed by atoms with van der Waals surface area (Å²) in [6, 6.07) is 3.67. The fourth-order valence-electron chi connectivity index (χ4n) is 1.69. The summed E-state index contributed by atoms with van der Waals surface area (Å²) in [7, 11) is 0. The SMILES string of the molecule is Clc1cc(OC2COC2)c2cc[nH]c2c1Cl. The number of H-pyrrole nitrogens is 1. The fraction of sp³-hybridized carbons (Fsp3) is 0.273. The van der Waals surface area contributed by atoms with E-state index in [1.54, 1.807) is 6.07 Å². The third-order valence-corrected chi connectivity index (χ3v) is 3.39. The Kier molecular flexibility index (Phi) is 2.46. The van der Waals surface area contributed by atoms with E-state index in [4.69, 9.17) is 32.7 Å². The lowest BCUT2D eigenvalue weighted by Crippen LogP contribution is -2.38. The van der Waals surface area contributed by atoms with Crippen LogP contribution in [0.25, 0.3) is 10.9 Å². The molecule has 0 saturated carbocycles. The summed E-state index contributed by atoms with van der Waals surface area (Å²) in [5, 5.41) is 1.96. The van der Waals surface area contributed by atoms with E-state index in [1.165, 1.54) is 0 Å². The molecule has 84 valence electrons. The van der Waals surface area contributed by atoms with Gasteiger partial charge in [0, 0.05) is 17.6 Å². The number of ether oxygens (including phenoxy) is 2. The molecule has 1 N–H and O–H groups in total. The van der Waals surface area contributed by atoms with Gasteiger partial charge in [-0.2, -0.15) is 0 Å². The van der Waals surface area contributed by atoms with Gasteiger partial charge in [-0.05, 0) is 6.07 Å². The lowest BCUT2D eigenvalue weighted by molar-refractivity contribution is -0.0790. The minimum Gasteiger partial charge on any atom is -0.485 e. The summed E-state index contributed by atoms with van der Waals surface area (Å²) >= 11 is 12.1. The van der Waals surface area contributed by atoms with Gasteiger partial charge in [-0.3, -0.25) is 0 Å². The van der Waals surface area contributed by atoms with Crippen LogP contribution in [0.1, 0.15) is 0 Å². The van der Waals surface area contributed by atoms with Crippen LogP contribution in [0.5, 0.6) is 5.75 Å². The second-order valence-electron chi connectivity index (χ2n) is 3.71. The molecule has 0 atom stereocenters.